The molecule has 0 spiro atoms. The first kappa shape index (κ1) is 19.2. The summed E-state index contributed by atoms with van der Waals surface area (Å²) in [4.78, 5) is 36.2. The Bertz CT molecular complexity index is 1050. The number of fused-ring (bicyclic) bond motifs is 1. The van der Waals surface area contributed by atoms with Crippen molar-refractivity contribution in [1.82, 2.24) is 14.8 Å². The third-order valence-corrected chi connectivity index (χ3v) is 6.88. The summed E-state index contributed by atoms with van der Waals surface area (Å²) < 4.78 is 1.22. The predicted molar refractivity (Wildman–Crippen MR) is 119 cm³/mol. The van der Waals surface area contributed by atoms with Gasteiger partial charge in [-0.05, 0) is 30.7 Å². The second-order valence-corrected chi connectivity index (χ2v) is 8.92. The van der Waals surface area contributed by atoms with Gasteiger partial charge in [0.05, 0.1) is 28.0 Å². The van der Waals surface area contributed by atoms with Crippen LogP contribution < -0.4 is 4.90 Å². The van der Waals surface area contributed by atoms with Crippen LogP contribution in [0.4, 0.5) is 5.69 Å². The lowest BCUT2D eigenvalue weighted by atomic mass is 10.1. The molecule has 2 aromatic carbocycles. The number of nitrogens with zero attached hydrogens (tertiary/aromatic N) is 4. The zero-order chi connectivity index (χ0) is 20.5. The second-order valence-electron chi connectivity index (χ2n) is 7.81. The van der Waals surface area contributed by atoms with E-state index in [0.29, 0.717) is 31.6 Å². The predicted octanol–water partition coefficient (Wildman–Crippen LogP) is 3.38. The van der Waals surface area contributed by atoms with Gasteiger partial charge in [0.15, 0.2) is 0 Å². The first-order valence-corrected chi connectivity index (χ1v) is 11.3. The number of carbonyl (C=O) groups excluding carboxylic acids is 2. The van der Waals surface area contributed by atoms with Gasteiger partial charge in [0, 0.05) is 39.1 Å². The number of amides is 2. The van der Waals surface area contributed by atoms with Gasteiger partial charge in [-0.2, -0.15) is 0 Å². The monoisotopic (exact) mass is 420 g/mol. The van der Waals surface area contributed by atoms with Crippen LogP contribution in [0.5, 0.6) is 0 Å². The molecule has 3 aromatic rings. The van der Waals surface area contributed by atoms with Gasteiger partial charge in [0.2, 0.25) is 5.91 Å². The fourth-order valence-corrected chi connectivity index (χ4v) is 5.26. The highest BCUT2D eigenvalue weighted by Crippen LogP contribution is 2.27. The summed E-state index contributed by atoms with van der Waals surface area (Å²) in [5.41, 5.74) is 2.44. The summed E-state index contributed by atoms with van der Waals surface area (Å²) in [6.45, 7) is 4.54. The summed E-state index contributed by atoms with van der Waals surface area (Å²) in [7, 11) is 0. The average molecular weight is 421 g/mol. The second kappa shape index (κ2) is 8.16. The molecule has 0 N–H and O–H groups in total. The molecule has 0 bridgehead atoms. The number of piperazine rings is 1. The van der Waals surface area contributed by atoms with Crippen LogP contribution in [0.15, 0.2) is 48.5 Å². The highest BCUT2D eigenvalue weighted by Gasteiger charge is 2.29. The van der Waals surface area contributed by atoms with Crippen molar-refractivity contribution in [1.29, 1.82) is 0 Å². The maximum Gasteiger partial charge on any atom is 0.256 e. The van der Waals surface area contributed by atoms with Crippen LogP contribution in [-0.4, -0.2) is 59.3 Å². The summed E-state index contributed by atoms with van der Waals surface area (Å²) in [6, 6.07) is 15.7. The van der Waals surface area contributed by atoms with E-state index in [1.807, 2.05) is 41.3 Å². The Balaban J connectivity index is 1.24. The van der Waals surface area contributed by atoms with Crippen LogP contribution in [-0.2, 0) is 11.3 Å². The lowest BCUT2D eigenvalue weighted by Gasteiger charge is -2.35. The van der Waals surface area contributed by atoms with Crippen LogP contribution in [0.1, 0.15) is 28.2 Å². The molecular formula is C23H24N4O2S. The van der Waals surface area contributed by atoms with Crippen LogP contribution in [0.2, 0.25) is 0 Å². The normalized spacial score (nSPS) is 17.8. The maximum absolute atomic E-state index is 13.2. The summed E-state index contributed by atoms with van der Waals surface area (Å²) >= 11 is 1.74. The number of rotatable bonds is 4. The molecule has 30 heavy (non-hydrogen) atoms. The topological polar surface area (TPSA) is 56.8 Å². The summed E-state index contributed by atoms with van der Waals surface area (Å²) in [5.74, 6) is 0.126. The lowest BCUT2D eigenvalue weighted by Crippen LogP contribution is -2.48. The fraction of sp³-hybridized carbons (Fsp3) is 0.348. The van der Waals surface area contributed by atoms with Crippen molar-refractivity contribution in [3.05, 3.63) is 59.1 Å². The van der Waals surface area contributed by atoms with Gasteiger partial charge in [-0.3, -0.25) is 14.5 Å². The van der Waals surface area contributed by atoms with Gasteiger partial charge in [-0.1, -0.05) is 24.3 Å². The Labute approximate surface area is 179 Å². The van der Waals surface area contributed by atoms with Crippen molar-refractivity contribution in [2.75, 3.05) is 37.6 Å². The molecule has 0 atom stereocenters. The van der Waals surface area contributed by atoms with Crippen molar-refractivity contribution in [2.24, 2.45) is 0 Å². The number of hydrogen-bond acceptors (Lipinski definition) is 5. The number of benzene rings is 2. The molecule has 0 unspecified atom stereocenters. The Hall–Kier alpha value is -2.77. The Morgan fingerprint density at radius 3 is 2.50 bits per heavy atom. The van der Waals surface area contributed by atoms with E-state index >= 15 is 0 Å². The van der Waals surface area contributed by atoms with Gasteiger partial charge in [-0.25, -0.2) is 4.98 Å². The minimum absolute atomic E-state index is 0.0185. The molecule has 2 fully saturated rings. The Kier molecular flexibility index (Phi) is 5.23. The van der Waals surface area contributed by atoms with Crippen molar-refractivity contribution < 1.29 is 9.59 Å². The van der Waals surface area contributed by atoms with Crippen molar-refractivity contribution in [3.8, 4) is 0 Å². The molecule has 0 aliphatic carbocycles. The molecule has 3 heterocycles. The number of carbonyl (C=O) groups is 2. The first-order valence-electron chi connectivity index (χ1n) is 10.4. The van der Waals surface area contributed by atoms with Gasteiger partial charge >= 0.3 is 0 Å². The molecule has 154 valence electrons. The standard InChI is InChI=1S/C23H24N4O2S/c28-22-10-5-11-27(22)19-8-3-1-6-17(19)23(29)26-14-12-25(13-15-26)16-21-24-18-7-2-4-9-20(18)30-21/h1-4,6-9H,5,10-16H2. The Morgan fingerprint density at radius 1 is 0.967 bits per heavy atom. The fourth-order valence-electron chi connectivity index (χ4n) is 4.25. The molecule has 1 aromatic heterocycles. The molecule has 2 aliphatic heterocycles. The van der Waals surface area contributed by atoms with Crippen molar-refractivity contribution >= 4 is 39.1 Å². The van der Waals surface area contributed by atoms with E-state index in [0.717, 1.165) is 42.3 Å². The van der Waals surface area contributed by atoms with E-state index in [9.17, 15) is 9.59 Å². The van der Waals surface area contributed by atoms with Gasteiger partial charge in [-0.15, -0.1) is 11.3 Å². The molecule has 6 nitrogen and oxygen atoms in total. The smallest absolute Gasteiger partial charge is 0.256 e. The molecule has 2 aliphatic rings. The number of aromatic nitrogens is 1. The van der Waals surface area contributed by atoms with Crippen LogP contribution in [0.25, 0.3) is 10.2 Å². The SMILES string of the molecule is O=C(c1ccccc1N1CCCC1=O)N1CCN(Cc2nc3ccccc3s2)CC1. The van der Waals surface area contributed by atoms with Gasteiger partial charge in [0.1, 0.15) is 5.01 Å². The largest absolute Gasteiger partial charge is 0.336 e. The highest BCUT2D eigenvalue weighted by atomic mass is 32.1. The molecule has 5 rings (SSSR count). The lowest BCUT2D eigenvalue weighted by molar-refractivity contribution is -0.117. The first-order chi connectivity index (χ1) is 14.7. The van der Waals surface area contributed by atoms with E-state index in [-0.39, 0.29) is 11.8 Å². The molecule has 0 saturated carbocycles. The zero-order valence-electron chi connectivity index (χ0n) is 16.8. The van der Waals surface area contributed by atoms with E-state index in [4.69, 9.17) is 4.98 Å². The van der Waals surface area contributed by atoms with E-state index in [2.05, 4.69) is 17.0 Å². The highest BCUT2D eigenvalue weighted by molar-refractivity contribution is 7.18. The molecule has 2 saturated heterocycles. The van der Waals surface area contributed by atoms with Gasteiger partial charge in [0.25, 0.3) is 5.91 Å². The third kappa shape index (κ3) is 3.70. The quantitative estimate of drug-likeness (QED) is 0.649. The van der Waals surface area contributed by atoms with Crippen molar-refractivity contribution in [3.63, 3.8) is 0 Å². The van der Waals surface area contributed by atoms with Crippen LogP contribution in [0, 0.1) is 0 Å². The molecule has 7 heteroatoms. The van der Waals surface area contributed by atoms with E-state index in [1.54, 1.807) is 16.2 Å². The number of thiazole rings is 1. The number of anilines is 1. The van der Waals surface area contributed by atoms with E-state index in [1.165, 1.54) is 4.70 Å². The number of hydrogen-bond donors (Lipinski definition) is 0. The van der Waals surface area contributed by atoms with Gasteiger partial charge < -0.3 is 9.80 Å². The minimum atomic E-state index is 0.0185. The summed E-state index contributed by atoms with van der Waals surface area (Å²) in [5, 5.41) is 1.12. The van der Waals surface area contributed by atoms with E-state index < -0.39 is 0 Å². The third-order valence-electron chi connectivity index (χ3n) is 5.86. The molecule has 0 radical (unpaired) electrons. The number of para-hydroxylation sites is 2. The zero-order valence-corrected chi connectivity index (χ0v) is 17.6. The van der Waals surface area contributed by atoms with Crippen LogP contribution in [0.3, 0.4) is 0 Å². The molecule has 2 amide bonds. The van der Waals surface area contributed by atoms with Crippen LogP contribution >= 0.6 is 11.3 Å². The molecular weight excluding hydrogens is 396 g/mol. The Morgan fingerprint density at radius 2 is 1.73 bits per heavy atom. The maximum atomic E-state index is 13.2. The van der Waals surface area contributed by atoms with Crippen molar-refractivity contribution in [2.45, 2.75) is 19.4 Å². The average Bonchev–Trinajstić information content (AvgIpc) is 3.39. The summed E-state index contributed by atoms with van der Waals surface area (Å²) in [6.07, 6.45) is 1.42. The minimum Gasteiger partial charge on any atom is -0.336 e.